The van der Waals surface area contributed by atoms with Gasteiger partial charge in [-0.1, -0.05) is 13.8 Å². The number of carboxylic acid groups (broad SMARTS) is 1. The molecule has 9 heteroatoms. The average Bonchev–Trinajstić information content (AvgIpc) is 2.69. The first-order chi connectivity index (χ1) is 9.68. The lowest BCUT2D eigenvalue weighted by Crippen LogP contribution is -2.41. The lowest BCUT2D eigenvalue weighted by molar-refractivity contribution is -0.139. The van der Waals surface area contributed by atoms with Gasteiger partial charge >= 0.3 is 12.0 Å². The summed E-state index contributed by atoms with van der Waals surface area (Å²) in [6, 6.07) is -0.668. The van der Waals surface area contributed by atoms with Crippen LogP contribution in [0.2, 0.25) is 0 Å². The van der Waals surface area contributed by atoms with E-state index >= 15 is 0 Å². The molecule has 1 aromatic heterocycles. The van der Waals surface area contributed by atoms with Crippen molar-refractivity contribution in [3.63, 3.8) is 0 Å². The molecule has 0 saturated heterocycles. The number of carbonyl (C=O) groups excluding carboxylic acids is 2. The van der Waals surface area contributed by atoms with Crippen LogP contribution in [0, 0.1) is 5.41 Å². The molecule has 0 spiro atoms. The van der Waals surface area contributed by atoms with Gasteiger partial charge in [-0.2, -0.15) is 5.10 Å². The highest BCUT2D eigenvalue weighted by atomic mass is 16.4. The summed E-state index contributed by atoms with van der Waals surface area (Å²) in [6.45, 7) is 3.39. The Bertz CT molecular complexity index is 538. The highest BCUT2D eigenvalue weighted by molar-refractivity contribution is 5.94. The van der Waals surface area contributed by atoms with Crippen molar-refractivity contribution >= 4 is 17.9 Å². The van der Waals surface area contributed by atoms with Crippen molar-refractivity contribution < 1.29 is 19.5 Å². The molecule has 1 aromatic rings. The fourth-order valence-corrected chi connectivity index (χ4v) is 1.75. The topological polar surface area (TPSA) is 126 Å². The molecule has 0 aliphatic rings. The maximum absolute atomic E-state index is 11.7. The Morgan fingerprint density at radius 3 is 2.52 bits per heavy atom. The van der Waals surface area contributed by atoms with E-state index in [0.29, 0.717) is 5.82 Å². The average molecular weight is 297 g/mol. The molecule has 0 atom stereocenters. The number of hydrogen-bond acceptors (Lipinski definition) is 5. The van der Waals surface area contributed by atoms with Crippen LogP contribution >= 0.6 is 0 Å². The summed E-state index contributed by atoms with van der Waals surface area (Å²) in [6.07, 6.45) is 1.28. The number of carboxylic acids is 1. The number of carbonyl (C=O) groups is 3. The van der Waals surface area contributed by atoms with Crippen LogP contribution in [0.25, 0.3) is 0 Å². The minimum Gasteiger partial charge on any atom is -0.481 e. The number of nitrogens with zero attached hydrogens (tertiary/aromatic N) is 3. The van der Waals surface area contributed by atoms with Crippen LogP contribution in [0.15, 0.2) is 6.33 Å². The van der Waals surface area contributed by atoms with Gasteiger partial charge in [0.05, 0.1) is 13.0 Å². The van der Waals surface area contributed by atoms with Gasteiger partial charge in [-0.25, -0.2) is 9.78 Å². The second-order valence-electron chi connectivity index (χ2n) is 5.48. The first-order valence-electron chi connectivity index (χ1n) is 6.32. The third-order valence-electron chi connectivity index (χ3n) is 2.58. The minimum atomic E-state index is -0.988. The number of nitrogens with one attached hydrogen (secondary N) is 2. The number of rotatable bonds is 6. The van der Waals surface area contributed by atoms with Crippen molar-refractivity contribution in [3.05, 3.63) is 12.2 Å². The summed E-state index contributed by atoms with van der Waals surface area (Å²) in [7, 11) is 1.70. The summed E-state index contributed by atoms with van der Waals surface area (Å²) in [5, 5.41) is 17.3. The van der Waals surface area contributed by atoms with Crippen LogP contribution in [0.1, 0.15) is 32.5 Å². The maximum Gasteiger partial charge on any atom is 0.321 e. The lowest BCUT2D eigenvalue weighted by Gasteiger charge is -2.21. The first kappa shape index (κ1) is 16.6. The van der Waals surface area contributed by atoms with Crippen LogP contribution in [0.3, 0.4) is 0 Å². The molecule has 0 fully saturated rings. The molecule has 0 aromatic carbocycles. The molecule has 0 aliphatic carbocycles. The van der Waals surface area contributed by atoms with Gasteiger partial charge in [0.15, 0.2) is 5.82 Å². The van der Waals surface area contributed by atoms with Gasteiger partial charge in [-0.05, 0) is 5.41 Å². The smallest absolute Gasteiger partial charge is 0.321 e. The Kier molecular flexibility index (Phi) is 5.39. The Hall–Kier alpha value is -2.45. The molecule has 1 rings (SSSR count). The minimum absolute atomic E-state index is 0.0610. The van der Waals surface area contributed by atoms with Crippen molar-refractivity contribution in [3.8, 4) is 0 Å². The van der Waals surface area contributed by atoms with Crippen molar-refractivity contribution in [2.75, 3.05) is 0 Å². The second-order valence-corrected chi connectivity index (χ2v) is 5.48. The molecule has 0 radical (unpaired) electrons. The maximum atomic E-state index is 11.7. The molecule has 3 N–H and O–H groups in total. The van der Waals surface area contributed by atoms with Gasteiger partial charge in [0.2, 0.25) is 5.91 Å². The molecule has 116 valence electrons. The molecule has 0 saturated carbocycles. The molecule has 0 unspecified atom stereocenters. The van der Waals surface area contributed by atoms with Crippen LogP contribution in [0.4, 0.5) is 4.79 Å². The number of urea groups is 1. The van der Waals surface area contributed by atoms with Crippen molar-refractivity contribution in [2.24, 2.45) is 12.5 Å². The van der Waals surface area contributed by atoms with Gasteiger partial charge in [-0.3, -0.25) is 19.6 Å². The predicted molar refractivity (Wildman–Crippen MR) is 72.0 cm³/mol. The van der Waals surface area contributed by atoms with Gasteiger partial charge in [-0.15, -0.1) is 0 Å². The SMILES string of the molecule is Cn1cnc(CNC(=O)NC(=O)CC(C)(C)CC(=O)O)n1. The molecule has 0 aliphatic heterocycles. The predicted octanol–water partition coefficient (Wildman–Crippen LogP) is 0.0319. The number of hydrogen-bond donors (Lipinski definition) is 3. The quantitative estimate of drug-likeness (QED) is 0.680. The van der Waals surface area contributed by atoms with E-state index in [1.165, 1.54) is 11.0 Å². The monoisotopic (exact) mass is 297 g/mol. The van der Waals surface area contributed by atoms with E-state index in [9.17, 15) is 14.4 Å². The number of amides is 3. The normalized spacial score (nSPS) is 11.0. The number of imide groups is 1. The molecule has 21 heavy (non-hydrogen) atoms. The summed E-state index contributed by atoms with van der Waals surface area (Å²) < 4.78 is 1.49. The number of aromatic nitrogens is 3. The third-order valence-corrected chi connectivity index (χ3v) is 2.58. The Morgan fingerprint density at radius 1 is 1.33 bits per heavy atom. The standard InChI is InChI=1S/C12H19N5O4/c1-12(2,5-10(19)20)4-9(18)15-11(21)13-6-8-14-7-17(3)16-8/h7H,4-6H2,1-3H3,(H,19,20)(H2,13,15,18,21). The van der Waals surface area contributed by atoms with Crippen molar-refractivity contribution in [2.45, 2.75) is 33.2 Å². The summed E-state index contributed by atoms with van der Waals surface area (Å²) in [5.41, 5.74) is -0.723. The van der Waals surface area contributed by atoms with E-state index in [0.717, 1.165) is 0 Å². The Labute approximate surface area is 121 Å². The van der Waals surface area contributed by atoms with Crippen LogP contribution in [0.5, 0.6) is 0 Å². The molecular formula is C12H19N5O4. The molecule has 9 nitrogen and oxygen atoms in total. The van der Waals surface area contributed by atoms with Crippen LogP contribution in [-0.4, -0.2) is 37.8 Å². The number of aryl methyl sites for hydroxylation is 1. The first-order valence-corrected chi connectivity index (χ1v) is 6.32. The van der Waals surface area contributed by atoms with Gasteiger partial charge < -0.3 is 10.4 Å². The fourth-order valence-electron chi connectivity index (χ4n) is 1.75. The zero-order valence-corrected chi connectivity index (χ0v) is 12.2. The Morgan fingerprint density at radius 2 is 2.00 bits per heavy atom. The third kappa shape index (κ3) is 6.50. The van der Waals surface area contributed by atoms with Crippen molar-refractivity contribution in [1.82, 2.24) is 25.4 Å². The molecular weight excluding hydrogens is 278 g/mol. The summed E-state index contributed by atoms with van der Waals surface area (Å²) in [5.74, 6) is -1.10. The van der Waals surface area contributed by atoms with E-state index in [1.807, 2.05) is 0 Å². The lowest BCUT2D eigenvalue weighted by atomic mass is 9.85. The van der Waals surface area contributed by atoms with Crippen LogP contribution in [-0.2, 0) is 23.2 Å². The van der Waals surface area contributed by atoms with E-state index in [2.05, 4.69) is 20.7 Å². The zero-order chi connectivity index (χ0) is 16.0. The highest BCUT2D eigenvalue weighted by Crippen LogP contribution is 2.24. The Balaban J connectivity index is 2.36. The second kappa shape index (κ2) is 6.82. The number of aliphatic carboxylic acids is 1. The molecule has 3 amide bonds. The zero-order valence-electron chi connectivity index (χ0n) is 12.2. The van der Waals surface area contributed by atoms with E-state index in [1.54, 1.807) is 20.9 Å². The molecule has 0 bridgehead atoms. The van der Waals surface area contributed by atoms with Crippen LogP contribution < -0.4 is 10.6 Å². The molecule has 1 heterocycles. The van der Waals surface area contributed by atoms with Gasteiger partial charge in [0.25, 0.3) is 0 Å². The van der Waals surface area contributed by atoms with Gasteiger partial charge in [0, 0.05) is 13.5 Å². The van der Waals surface area contributed by atoms with Gasteiger partial charge in [0.1, 0.15) is 6.33 Å². The van der Waals surface area contributed by atoms with E-state index in [-0.39, 0.29) is 19.4 Å². The largest absolute Gasteiger partial charge is 0.481 e. The van der Waals surface area contributed by atoms with E-state index in [4.69, 9.17) is 5.11 Å². The summed E-state index contributed by atoms with van der Waals surface area (Å²) >= 11 is 0. The fraction of sp³-hybridized carbons (Fsp3) is 0.583. The van der Waals surface area contributed by atoms with Crippen molar-refractivity contribution in [1.29, 1.82) is 0 Å². The van der Waals surface area contributed by atoms with E-state index < -0.39 is 23.3 Å². The summed E-state index contributed by atoms with van der Waals surface area (Å²) in [4.78, 5) is 37.8. The highest BCUT2D eigenvalue weighted by Gasteiger charge is 2.25.